The summed E-state index contributed by atoms with van der Waals surface area (Å²) in [7, 11) is 1.72. The first-order valence-electron chi connectivity index (χ1n) is 5.73. The fraction of sp³-hybridized carbons (Fsp3) is 0.333. The zero-order chi connectivity index (χ0) is 12.7. The second kappa shape index (κ2) is 3.90. The highest BCUT2D eigenvalue weighted by atomic mass is 16.5. The van der Waals surface area contributed by atoms with Crippen molar-refractivity contribution in [1.29, 1.82) is 0 Å². The summed E-state index contributed by atoms with van der Waals surface area (Å²) < 4.78 is 5.35. The highest BCUT2D eigenvalue weighted by Crippen LogP contribution is 2.33. The first kappa shape index (κ1) is 10.9. The molecule has 1 aromatic rings. The maximum Gasteiger partial charge on any atom is 0.315 e. The maximum absolute atomic E-state index is 11.6. The highest BCUT2D eigenvalue weighted by molar-refractivity contribution is 5.97. The summed E-state index contributed by atoms with van der Waals surface area (Å²) in [5.41, 5.74) is 1.70. The number of nitrogens with zero attached hydrogens (tertiary/aromatic N) is 1. The molecule has 1 fully saturated rings. The van der Waals surface area contributed by atoms with E-state index in [1.54, 1.807) is 11.9 Å². The van der Waals surface area contributed by atoms with Crippen LogP contribution in [0.15, 0.2) is 18.2 Å². The molecule has 0 radical (unpaired) electrons. The third-order valence-electron chi connectivity index (χ3n) is 3.24. The van der Waals surface area contributed by atoms with Crippen molar-refractivity contribution >= 4 is 17.6 Å². The van der Waals surface area contributed by atoms with Gasteiger partial charge in [0.05, 0.1) is 11.7 Å². The van der Waals surface area contributed by atoms with Gasteiger partial charge in [0, 0.05) is 13.6 Å². The SMILES string of the molecule is CN1C(=O)COc2ccc(C3CNC(=O)N3)cc21. The van der Waals surface area contributed by atoms with Crippen LogP contribution in [0.5, 0.6) is 5.75 Å². The monoisotopic (exact) mass is 247 g/mol. The van der Waals surface area contributed by atoms with Gasteiger partial charge in [0.25, 0.3) is 5.91 Å². The summed E-state index contributed by atoms with van der Waals surface area (Å²) in [5, 5.41) is 5.51. The van der Waals surface area contributed by atoms with E-state index < -0.39 is 0 Å². The first-order valence-corrected chi connectivity index (χ1v) is 5.73. The van der Waals surface area contributed by atoms with E-state index in [9.17, 15) is 9.59 Å². The average molecular weight is 247 g/mol. The van der Waals surface area contributed by atoms with Crippen LogP contribution in [-0.4, -0.2) is 32.1 Å². The van der Waals surface area contributed by atoms with E-state index in [0.717, 1.165) is 11.3 Å². The number of hydrogen-bond acceptors (Lipinski definition) is 3. The van der Waals surface area contributed by atoms with Crippen molar-refractivity contribution in [1.82, 2.24) is 10.6 Å². The van der Waals surface area contributed by atoms with E-state index in [1.807, 2.05) is 18.2 Å². The normalized spacial score (nSPS) is 22.1. The molecule has 2 aliphatic rings. The summed E-state index contributed by atoms with van der Waals surface area (Å²) in [5.74, 6) is 0.617. The quantitative estimate of drug-likeness (QED) is 0.754. The Morgan fingerprint density at radius 2 is 2.22 bits per heavy atom. The van der Waals surface area contributed by atoms with Crippen LogP contribution in [0.4, 0.5) is 10.5 Å². The lowest BCUT2D eigenvalue weighted by Gasteiger charge is -2.27. The number of amides is 3. The number of ether oxygens (including phenoxy) is 1. The van der Waals surface area contributed by atoms with Gasteiger partial charge < -0.3 is 20.3 Å². The van der Waals surface area contributed by atoms with Gasteiger partial charge in [-0.3, -0.25) is 4.79 Å². The Bertz CT molecular complexity index is 529. The molecule has 1 atom stereocenters. The molecule has 2 aliphatic heterocycles. The number of hydrogen-bond donors (Lipinski definition) is 2. The zero-order valence-electron chi connectivity index (χ0n) is 9.90. The Labute approximate surface area is 104 Å². The predicted molar refractivity (Wildman–Crippen MR) is 64.6 cm³/mol. The van der Waals surface area contributed by atoms with E-state index in [-0.39, 0.29) is 24.6 Å². The summed E-state index contributed by atoms with van der Waals surface area (Å²) in [6, 6.07) is 5.38. The molecule has 3 rings (SSSR count). The molecule has 6 heteroatoms. The number of nitrogens with one attached hydrogen (secondary N) is 2. The van der Waals surface area contributed by atoms with E-state index in [4.69, 9.17) is 4.74 Å². The minimum absolute atomic E-state index is 0.0618. The summed E-state index contributed by atoms with van der Waals surface area (Å²) >= 11 is 0. The van der Waals surface area contributed by atoms with Gasteiger partial charge in [-0.2, -0.15) is 0 Å². The largest absolute Gasteiger partial charge is 0.482 e. The van der Waals surface area contributed by atoms with Gasteiger partial charge in [-0.25, -0.2) is 4.79 Å². The van der Waals surface area contributed by atoms with Crippen molar-refractivity contribution in [3.05, 3.63) is 23.8 Å². The van der Waals surface area contributed by atoms with Crippen LogP contribution in [0.2, 0.25) is 0 Å². The molecule has 1 unspecified atom stereocenters. The second-order valence-corrected chi connectivity index (χ2v) is 4.38. The van der Waals surface area contributed by atoms with Crippen LogP contribution in [0.1, 0.15) is 11.6 Å². The van der Waals surface area contributed by atoms with E-state index in [2.05, 4.69) is 10.6 Å². The molecule has 6 nitrogen and oxygen atoms in total. The van der Waals surface area contributed by atoms with E-state index in [0.29, 0.717) is 12.3 Å². The van der Waals surface area contributed by atoms with Gasteiger partial charge in [0.1, 0.15) is 5.75 Å². The standard InChI is InChI=1S/C12H13N3O3/c1-15-9-4-7(8-5-13-12(17)14-8)2-3-10(9)18-6-11(15)16/h2-4,8H,5-6H2,1H3,(H2,13,14,17). The molecule has 0 spiro atoms. The Kier molecular flexibility index (Phi) is 2.36. The van der Waals surface area contributed by atoms with Gasteiger partial charge in [0.2, 0.25) is 0 Å². The van der Waals surface area contributed by atoms with Crippen LogP contribution < -0.4 is 20.3 Å². The number of urea groups is 1. The van der Waals surface area contributed by atoms with Crippen molar-refractivity contribution in [2.45, 2.75) is 6.04 Å². The predicted octanol–water partition coefficient (Wildman–Crippen LogP) is 0.396. The zero-order valence-corrected chi connectivity index (χ0v) is 9.90. The number of likely N-dealkylation sites (N-methyl/N-ethyl adjacent to an activating group) is 1. The fourth-order valence-electron chi connectivity index (χ4n) is 2.16. The molecule has 0 saturated carbocycles. The molecular formula is C12H13N3O3. The first-order chi connectivity index (χ1) is 8.65. The van der Waals surface area contributed by atoms with Crippen LogP contribution >= 0.6 is 0 Å². The topological polar surface area (TPSA) is 70.7 Å². The lowest BCUT2D eigenvalue weighted by Crippen LogP contribution is -2.35. The summed E-state index contributed by atoms with van der Waals surface area (Å²) in [4.78, 5) is 24.3. The minimum atomic E-state index is -0.168. The van der Waals surface area contributed by atoms with Crippen LogP contribution in [0.25, 0.3) is 0 Å². The molecule has 0 aromatic heterocycles. The van der Waals surface area contributed by atoms with E-state index in [1.165, 1.54) is 0 Å². The third kappa shape index (κ3) is 1.66. The lowest BCUT2D eigenvalue weighted by atomic mass is 10.1. The maximum atomic E-state index is 11.6. The van der Waals surface area contributed by atoms with Crippen LogP contribution in [0.3, 0.4) is 0 Å². The number of carbonyl (C=O) groups excluding carboxylic acids is 2. The smallest absolute Gasteiger partial charge is 0.315 e. The van der Waals surface area contributed by atoms with Gasteiger partial charge in [-0.05, 0) is 17.7 Å². The number of rotatable bonds is 1. The van der Waals surface area contributed by atoms with Crippen molar-refractivity contribution in [3.63, 3.8) is 0 Å². The number of fused-ring (bicyclic) bond motifs is 1. The molecule has 2 N–H and O–H groups in total. The molecule has 2 heterocycles. The van der Waals surface area contributed by atoms with Crippen molar-refractivity contribution in [2.75, 3.05) is 25.1 Å². The average Bonchev–Trinajstić information content (AvgIpc) is 2.80. The molecule has 1 aromatic carbocycles. The highest BCUT2D eigenvalue weighted by Gasteiger charge is 2.26. The van der Waals surface area contributed by atoms with Crippen molar-refractivity contribution in [2.24, 2.45) is 0 Å². The minimum Gasteiger partial charge on any atom is -0.482 e. The van der Waals surface area contributed by atoms with Crippen molar-refractivity contribution in [3.8, 4) is 5.75 Å². The molecule has 94 valence electrons. The van der Waals surface area contributed by atoms with Crippen molar-refractivity contribution < 1.29 is 14.3 Å². The Balaban J connectivity index is 1.95. The Hall–Kier alpha value is -2.24. The molecule has 1 saturated heterocycles. The van der Waals surface area contributed by atoms with Crippen LogP contribution in [-0.2, 0) is 4.79 Å². The third-order valence-corrected chi connectivity index (χ3v) is 3.24. The van der Waals surface area contributed by atoms with Gasteiger partial charge in [-0.15, -0.1) is 0 Å². The lowest BCUT2D eigenvalue weighted by molar-refractivity contribution is -0.120. The summed E-state index contributed by atoms with van der Waals surface area (Å²) in [6.45, 7) is 0.626. The van der Waals surface area contributed by atoms with E-state index >= 15 is 0 Å². The molecule has 0 aliphatic carbocycles. The van der Waals surface area contributed by atoms with Gasteiger partial charge in [-0.1, -0.05) is 6.07 Å². The second-order valence-electron chi connectivity index (χ2n) is 4.38. The van der Waals surface area contributed by atoms with Crippen LogP contribution in [0, 0.1) is 0 Å². The number of anilines is 1. The van der Waals surface area contributed by atoms with Gasteiger partial charge in [0.15, 0.2) is 6.61 Å². The van der Waals surface area contributed by atoms with Gasteiger partial charge >= 0.3 is 6.03 Å². The molecule has 18 heavy (non-hydrogen) atoms. The Morgan fingerprint density at radius 3 is 2.94 bits per heavy atom. The fourth-order valence-corrected chi connectivity index (χ4v) is 2.16. The number of carbonyl (C=O) groups is 2. The Morgan fingerprint density at radius 1 is 1.39 bits per heavy atom. The molecular weight excluding hydrogens is 234 g/mol. The molecule has 3 amide bonds. The summed E-state index contributed by atoms with van der Waals surface area (Å²) in [6.07, 6.45) is 0. The molecule has 0 bridgehead atoms. The number of benzene rings is 1.